The fourth-order valence-electron chi connectivity index (χ4n) is 9.32. The van der Waals surface area contributed by atoms with Gasteiger partial charge < -0.3 is 34.2 Å². The highest BCUT2D eigenvalue weighted by molar-refractivity contribution is 6.03. The zero-order valence-corrected chi connectivity index (χ0v) is 32.7. The molecule has 1 heterocycles. The average Bonchev–Trinajstić information content (AvgIpc) is 4.07. The molecule has 6 unspecified atom stereocenters. The molecule has 3 aromatic carbocycles. The second kappa shape index (κ2) is 18.3. The summed E-state index contributed by atoms with van der Waals surface area (Å²) in [5.41, 5.74) is 3.75. The van der Waals surface area contributed by atoms with Gasteiger partial charge in [-0.1, -0.05) is 60.5 Å². The Morgan fingerprint density at radius 1 is 1.02 bits per heavy atom. The lowest BCUT2D eigenvalue weighted by atomic mass is 9.55. The summed E-state index contributed by atoms with van der Waals surface area (Å²) in [6.45, 7) is 4.55. The minimum Gasteiger partial charge on any atom is -0.489 e. The highest BCUT2D eigenvalue weighted by atomic mass is 19.1. The first-order chi connectivity index (χ1) is 27.8. The fraction of sp³-hybridized carbons (Fsp3) is 0.478. The van der Waals surface area contributed by atoms with Gasteiger partial charge in [0.05, 0.1) is 18.2 Å². The fourth-order valence-corrected chi connectivity index (χ4v) is 9.32. The molecule has 4 aliphatic rings. The first-order valence-electron chi connectivity index (χ1n) is 20.3. The number of aliphatic hydroxyl groups excluding tert-OH is 2. The summed E-state index contributed by atoms with van der Waals surface area (Å²) >= 11 is 0. The number of oxime groups is 1. The highest BCUT2D eigenvalue weighted by Gasteiger charge is 2.66. The monoisotopic (exact) mass is 784 g/mol. The van der Waals surface area contributed by atoms with Gasteiger partial charge in [0.25, 0.3) is 0 Å². The molecule has 9 nitrogen and oxygen atoms in total. The number of amides is 1. The average molecular weight is 785 g/mol. The standard InChI is InChI=1S/C46H54F2N2O7/c1-3-24-56-46-42(50(45(53)31-16-17-31)28-30-14-18-34(47)19-15-30)27-40(49-54-2)37-25-32(10-6-8-22-51)36(12-7-9-23-52)43(44(37)46)38-26-35(20-21-41(38)57-46)55-29-33-11-4-5-13-39(33)48/h3-5,11,13-15,18-21,25-26,31-32,36,42-44,51-52H,1,6-10,12,16-17,22-24,27-29H2,2H3. The van der Waals surface area contributed by atoms with Gasteiger partial charge in [-0.2, -0.15) is 0 Å². The summed E-state index contributed by atoms with van der Waals surface area (Å²) in [5.74, 6) is -1.72. The summed E-state index contributed by atoms with van der Waals surface area (Å²) in [5, 5.41) is 24.3. The Morgan fingerprint density at radius 3 is 2.47 bits per heavy atom. The van der Waals surface area contributed by atoms with Crippen molar-refractivity contribution in [1.29, 1.82) is 0 Å². The van der Waals surface area contributed by atoms with Crippen molar-refractivity contribution in [3.8, 4) is 11.5 Å². The maximum Gasteiger partial charge on any atom is 0.239 e. The second-order valence-corrected chi connectivity index (χ2v) is 15.7. The van der Waals surface area contributed by atoms with Crippen LogP contribution in [0.15, 0.2) is 96.2 Å². The number of halogens is 2. The molecular weight excluding hydrogens is 731 g/mol. The zero-order valence-electron chi connectivity index (χ0n) is 32.7. The van der Waals surface area contributed by atoms with E-state index in [0.29, 0.717) is 35.6 Å². The van der Waals surface area contributed by atoms with Gasteiger partial charge in [-0.3, -0.25) is 4.79 Å². The Bertz CT molecular complexity index is 1930. The van der Waals surface area contributed by atoms with Crippen molar-refractivity contribution < 1.29 is 42.8 Å². The van der Waals surface area contributed by atoms with Crippen LogP contribution in [0.25, 0.3) is 0 Å². The number of aliphatic hydroxyl groups is 2. The van der Waals surface area contributed by atoms with Crippen molar-refractivity contribution in [2.24, 2.45) is 28.8 Å². The third-order valence-electron chi connectivity index (χ3n) is 12.1. The van der Waals surface area contributed by atoms with Crippen LogP contribution in [-0.4, -0.2) is 65.5 Å². The SMILES string of the molecule is C=CCOC12Oc3ccc(OCc4ccccc4F)cc3C3C(CCCCO)C(CCCCO)C=C(C(=NOC)CC1N(Cc1ccc(F)cc1)C(=O)C1CC1)C32. The maximum absolute atomic E-state index is 14.7. The molecule has 2 saturated carbocycles. The normalized spacial score (nSPS) is 25.5. The maximum atomic E-state index is 14.7. The molecule has 0 radical (unpaired) electrons. The molecule has 2 fully saturated rings. The van der Waals surface area contributed by atoms with Crippen LogP contribution in [0.1, 0.15) is 80.4 Å². The van der Waals surface area contributed by atoms with Gasteiger partial charge in [0.15, 0.2) is 0 Å². The molecule has 1 aliphatic heterocycles. The van der Waals surface area contributed by atoms with Crippen LogP contribution < -0.4 is 9.47 Å². The molecule has 3 aromatic rings. The van der Waals surface area contributed by atoms with E-state index in [1.165, 1.54) is 25.3 Å². The van der Waals surface area contributed by atoms with Crippen LogP contribution in [-0.2, 0) is 27.5 Å². The van der Waals surface area contributed by atoms with Gasteiger partial charge in [-0.15, -0.1) is 6.58 Å². The Hall–Kier alpha value is -4.58. The van der Waals surface area contributed by atoms with Gasteiger partial charge in [0.1, 0.15) is 42.9 Å². The Kier molecular flexibility index (Phi) is 13.1. The summed E-state index contributed by atoms with van der Waals surface area (Å²) in [6, 6.07) is 17.8. The van der Waals surface area contributed by atoms with Crippen molar-refractivity contribution in [3.63, 3.8) is 0 Å². The summed E-state index contributed by atoms with van der Waals surface area (Å²) in [7, 11) is 1.52. The number of rotatable bonds is 19. The lowest BCUT2D eigenvalue weighted by Gasteiger charge is -2.60. The van der Waals surface area contributed by atoms with Crippen LogP contribution in [0.3, 0.4) is 0 Å². The number of allylic oxidation sites excluding steroid dienone is 1. The lowest BCUT2D eigenvalue weighted by molar-refractivity contribution is -0.258. The highest BCUT2D eigenvalue weighted by Crippen LogP contribution is 2.62. The smallest absolute Gasteiger partial charge is 0.239 e. The van der Waals surface area contributed by atoms with Crippen LogP contribution in [0.2, 0.25) is 0 Å². The quantitative estimate of drug-likeness (QED) is 0.0716. The van der Waals surface area contributed by atoms with E-state index in [0.717, 1.165) is 55.2 Å². The molecular formula is C46H54F2N2O7. The summed E-state index contributed by atoms with van der Waals surface area (Å²) < 4.78 is 49.4. The van der Waals surface area contributed by atoms with Gasteiger partial charge in [-0.05, 0) is 97.9 Å². The first-order valence-corrected chi connectivity index (χ1v) is 20.3. The molecule has 11 heteroatoms. The number of hydrogen-bond donors (Lipinski definition) is 2. The molecule has 0 bridgehead atoms. The summed E-state index contributed by atoms with van der Waals surface area (Å²) in [6.07, 6.45) is 10.3. The molecule has 57 heavy (non-hydrogen) atoms. The van der Waals surface area contributed by atoms with E-state index in [-0.39, 0.29) is 80.6 Å². The first kappa shape index (κ1) is 40.6. The van der Waals surface area contributed by atoms with Crippen molar-refractivity contribution in [1.82, 2.24) is 4.90 Å². The molecule has 0 spiro atoms. The van der Waals surface area contributed by atoms with Crippen LogP contribution >= 0.6 is 0 Å². The van der Waals surface area contributed by atoms with E-state index in [4.69, 9.17) is 19.0 Å². The zero-order chi connectivity index (χ0) is 39.9. The summed E-state index contributed by atoms with van der Waals surface area (Å²) in [4.78, 5) is 22.0. The molecule has 0 aromatic heterocycles. The van der Waals surface area contributed by atoms with Gasteiger partial charge in [0.2, 0.25) is 11.7 Å². The van der Waals surface area contributed by atoms with Crippen LogP contribution in [0.5, 0.6) is 11.5 Å². The van der Waals surface area contributed by atoms with Crippen LogP contribution in [0, 0.1) is 35.3 Å². The molecule has 6 atom stereocenters. The molecule has 2 N–H and O–H groups in total. The van der Waals surface area contributed by atoms with Crippen molar-refractivity contribution in [2.45, 2.75) is 88.7 Å². The van der Waals surface area contributed by atoms with E-state index < -0.39 is 17.7 Å². The number of unbranched alkanes of at least 4 members (excludes halogenated alkanes) is 2. The Balaban J connectivity index is 1.41. The topological polar surface area (TPSA) is 110 Å². The van der Waals surface area contributed by atoms with Gasteiger partial charge in [-0.25, -0.2) is 8.78 Å². The molecule has 304 valence electrons. The Morgan fingerprint density at radius 2 is 1.77 bits per heavy atom. The number of nitrogens with zero attached hydrogens (tertiary/aromatic N) is 2. The van der Waals surface area contributed by atoms with Crippen molar-refractivity contribution in [3.05, 3.63) is 119 Å². The minimum absolute atomic E-state index is 0.0184. The van der Waals surface area contributed by atoms with Crippen molar-refractivity contribution >= 4 is 11.6 Å². The van der Waals surface area contributed by atoms with E-state index in [1.807, 2.05) is 23.1 Å². The Labute approximate surface area is 334 Å². The largest absolute Gasteiger partial charge is 0.489 e. The minimum atomic E-state index is -1.41. The van der Waals surface area contributed by atoms with Crippen molar-refractivity contribution in [2.75, 3.05) is 26.9 Å². The number of hydrogen-bond acceptors (Lipinski definition) is 8. The molecule has 1 amide bonds. The van der Waals surface area contributed by atoms with E-state index >= 15 is 0 Å². The molecule has 0 saturated heterocycles. The second-order valence-electron chi connectivity index (χ2n) is 15.7. The number of carbonyl (C=O) groups excluding carboxylic acids is 1. The third-order valence-corrected chi connectivity index (χ3v) is 12.1. The lowest BCUT2D eigenvalue weighted by Crippen LogP contribution is -2.70. The third kappa shape index (κ3) is 8.66. The van der Waals surface area contributed by atoms with E-state index in [2.05, 4.69) is 17.8 Å². The predicted octanol–water partition coefficient (Wildman–Crippen LogP) is 8.25. The van der Waals surface area contributed by atoms with E-state index in [9.17, 15) is 23.8 Å². The molecule has 3 aliphatic carbocycles. The van der Waals surface area contributed by atoms with Crippen LogP contribution in [0.4, 0.5) is 8.78 Å². The number of carbonyl (C=O) groups is 1. The predicted molar refractivity (Wildman–Crippen MR) is 212 cm³/mol. The number of ether oxygens (including phenoxy) is 3. The van der Waals surface area contributed by atoms with Gasteiger partial charge in [0, 0.05) is 49.1 Å². The number of benzene rings is 3. The van der Waals surface area contributed by atoms with E-state index in [1.54, 1.807) is 36.4 Å². The number of fused-ring (bicyclic) bond motifs is 2. The van der Waals surface area contributed by atoms with Gasteiger partial charge >= 0.3 is 0 Å². The molecule has 7 rings (SSSR count).